The summed E-state index contributed by atoms with van der Waals surface area (Å²) in [6, 6.07) is 6.55. The minimum absolute atomic E-state index is 0.00540. The zero-order valence-electron chi connectivity index (χ0n) is 15.7. The number of amides is 4. The molecule has 29 heavy (non-hydrogen) atoms. The molecule has 1 aromatic heterocycles. The summed E-state index contributed by atoms with van der Waals surface area (Å²) < 4.78 is 1.46. The second-order valence-corrected chi connectivity index (χ2v) is 6.56. The lowest BCUT2D eigenvalue weighted by molar-refractivity contribution is -0.119. The molecule has 0 fully saturated rings. The fourth-order valence-electron chi connectivity index (χ4n) is 2.84. The van der Waals surface area contributed by atoms with Gasteiger partial charge in [0.15, 0.2) is 0 Å². The Balaban J connectivity index is 1.76. The van der Waals surface area contributed by atoms with Gasteiger partial charge in [-0.1, -0.05) is 24.8 Å². The predicted octanol–water partition coefficient (Wildman–Crippen LogP) is 0.209. The molecule has 0 radical (unpaired) electrons. The zero-order valence-corrected chi connectivity index (χ0v) is 15.7. The van der Waals surface area contributed by atoms with Gasteiger partial charge in [-0.05, 0) is 24.1 Å². The first-order chi connectivity index (χ1) is 13.7. The quantitative estimate of drug-likeness (QED) is 0.472. The summed E-state index contributed by atoms with van der Waals surface area (Å²) in [5, 5.41) is 11.7. The minimum Gasteiger partial charge on any atom is -0.395 e. The molecule has 1 aliphatic rings. The van der Waals surface area contributed by atoms with Crippen molar-refractivity contribution in [3.8, 4) is 11.1 Å². The molecule has 150 valence electrons. The molecule has 0 saturated heterocycles. The van der Waals surface area contributed by atoms with Crippen molar-refractivity contribution in [2.75, 3.05) is 0 Å². The van der Waals surface area contributed by atoms with Gasteiger partial charge >= 0.3 is 6.03 Å². The van der Waals surface area contributed by atoms with Crippen LogP contribution in [0.5, 0.6) is 0 Å². The fraction of sp³-hybridized carbons (Fsp3) is 0.158. The van der Waals surface area contributed by atoms with E-state index in [0.717, 1.165) is 16.7 Å². The van der Waals surface area contributed by atoms with Crippen LogP contribution in [0.3, 0.4) is 0 Å². The highest BCUT2D eigenvalue weighted by atomic mass is 16.2. The number of primary amides is 1. The van der Waals surface area contributed by atoms with Crippen LogP contribution >= 0.6 is 0 Å². The van der Waals surface area contributed by atoms with Crippen molar-refractivity contribution >= 4 is 17.8 Å². The smallest absolute Gasteiger partial charge is 0.323 e. The van der Waals surface area contributed by atoms with Gasteiger partial charge in [-0.3, -0.25) is 14.3 Å². The second kappa shape index (κ2) is 7.89. The minimum atomic E-state index is -0.572. The maximum Gasteiger partial charge on any atom is 0.323 e. The van der Waals surface area contributed by atoms with Crippen LogP contribution in [-0.4, -0.2) is 27.6 Å². The molecule has 1 aromatic carbocycles. The van der Waals surface area contributed by atoms with Gasteiger partial charge in [-0.25, -0.2) is 4.79 Å². The number of hydrogen-bond acceptors (Lipinski definition) is 5. The van der Waals surface area contributed by atoms with Crippen LogP contribution in [0.1, 0.15) is 18.5 Å². The molecule has 2 heterocycles. The Morgan fingerprint density at radius 2 is 2.07 bits per heavy atom. The molecule has 0 aliphatic carbocycles. The Morgan fingerprint density at radius 3 is 2.79 bits per heavy atom. The van der Waals surface area contributed by atoms with Gasteiger partial charge in [0.05, 0.1) is 23.6 Å². The number of hydrogen-bond donors (Lipinski definition) is 5. The maximum atomic E-state index is 12.6. The number of urea groups is 1. The number of carbonyl (C=O) groups excluding carboxylic acids is 3. The maximum absolute atomic E-state index is 12.6. The normalized spacial score (nSPS) is 14.8. The molecule has 2 aromatic rings. The molecule has 0 bridgehead atoms. The number of rotatable bonds is 6. The predicted molar refractivity (Wildman–Crippen MR) is 105 cm³/mol. The molecule has 0 unspecified atom stereocenters. The lowest BCUT2D eigenvalue weighted by Gasteiger charge is -2.22. The van der Waals surface area contributed by atoms with Crippen LogP contribution in [0.2, 0.25) is 0 Å². The topological polar surface area (TPSA) is 157 Å². The second-order valence-electron chi connectivity index (χ2n) is 6.56. The van der Waals surface area contributed by atoms with Gasteiger partial charge in [-0.15, -0.1) is 0 Å². The van der Waals surface area contributed by atoms with E-state index in [1.807, 2.05) is 31.2 Å². The Labute approximate surface area is 166 Å². The SMILES string of the molecule is C=C1NC(=O)NC(C(=O)N[C@H](C)c2cccc(-c3cnn(CC(N)=O)c3)c2)=C1N. The lowest BCUT2D eigenvalue weighted by atomic mass is 10.0. The number of nitrogens with zero attached hydrogens (tertiary/aromatic N) is 2. The van der Waals surface area contributed by atoms with Crippen molar-refractivity contribution in [2.24, 2.45) is 11.5 Å². The molecule has 4 amide bonds. The number of nitrogens with one attached hydrogen (secondary N) is 3. The van der Waals surface area contributed by atoms with E-state index in [1.165, 1.54) is 4.68 Å². The Bertz CT molecular complexity index is 1040. The highest BCUT2D eigenvalue weighted by Gasteiger charge is 2.25. The fourth-order valence-corrected chi connectivity index (χ4v) is 2.84. The van der Waals surface area contributed by atoms with Crippen LogP contribution in [0.15, 0.2) is 60.3 Å². The highest BCUT2D eigenvalue weighted by Crippen LogP contribution is 2.23. The largest absolute Gasteiger partial charge is 0.395 e. The van der Waals surface area contributed by atoms with Crippen molar-refractivity contribution in [2.45, 2.75) is 19.5 Å². The molecule has 10 nitrogen and oxygen atoms in total. The van der Waals surface area contributed by atoms with Crippen LogP contribution in [0.4, 0.5) is 4.79 Å². The van der Waals surface area contributed by atoms with Crippen molar-refractivity contribution in [3.05, 3.63) is 65.9 Å². The summed E-state index contributed by atoms with van der Waals surface area (Å²) in [5.41, 5.74) is 13.7. The van der Waals surface area contributed by atoms with Crippen LogP contribution < -0.4 is 27.4 Å². The van der Waals surface area contributed by atoms with Gasteiger partial charge < -0.3 is 27.4 Å². The van der Waals surface area contributed by atoms with E-state index < -0.39 is 17.8 Å². The summed E-state index contributed by atoms with van der Waals surface area (Å²) in [5.74, 6) is -1.00. The molecule has 0 saturated carbocycles. The summed E-state index contributed by atoms with van der Waals surface area (Å²) in [4.78, 5) is 35.2. The van der Waals surface area contributed by atoms with Crippen molar-refractivity contribution in [1.29, 1.82) is 0 Å². The lowest BCUT2D eigenvalue weighted by Crippen LogP contribution is -2.47. The van der Waals surface area contributed by atoms with E-state index >= 15 is 0 Å². The Kier molecular flexibility index (Phi) is 5.35. The summed E-state index contributed by atoms with van der Waals surface area (Å²) in [6.07, 6.45) is 3.35. The number of benzene rings is 1. The number of aromatic nitrogens is 2. The molecular formula is C19H21N7O3. The van der Waals surface area contributed by atoms with E-state index in [-0.39, 0.29) is 29.7 Å². The third kappa shape index (κ3) is 4.43. The van der Waals surface area contributed by atoms with Crippen molar-refractivity contribution in [1.82, 2.24) is 25.7 Å². The third-order valence-electron chi connectivity index (χ3n) is 4.34. The first kappa shape index (κ1) is 19.7. The van der Waals surface area contributed by atoms with E-state index in [1.54, 1.807) is 12.4 Å². The molecule has 1 aliphatic heterocycles. The van der Waals surface area contributed by atoms with E-state index in [9.17, 15) is 14.4 Å². The van der Waals surface area contributed by atoms with Gasteiger partial charge in [-0.2, -0.15) is 5.10 Å². The van der Waals surface area contributed by atoms with E-state index in [0.29, 0.717) is 0 Å². The molecule has 7 N–H and O–H groups in total. The molecule has 0 spiro atoms. The van der Waals surface area contributed by atoms with Crippen LogP contribution in [-0.2, 0) is 16.1 Å². The standard InChI is InChI=1S/C19H21N7O3/c1-10(23-18(28)17-16(21)11(2)24-19(29)25-17)12-4-3-5-13(6-12)14-7-22-26(8-14)9-15(20)27/h3-8,10H,2,9,21H2,1H3,(H2,20,27)(H,23,28)(H2,24,25,29)/t10-/m1/s1. The first-order valence-electron chi connectivity index (χ1n) is 8.73. The van der Waals surface area contributed by atoms with Gasteiger partial charge in [0.1, 0.15) is 12.2 Å². The number of nitrogens with two attached hydrogens (primary N) is 2. The van der Waals surface area contributed by atoms with Crippen molar-refractivity contribution < 1.29 is 14.4 Å². The van der Waals surface area contributed by atoms with Gasteiger partial charge in [0.25, 0.3) is 5.91 Å². The summed E-state index contributed by atoms with van der Waals surface area (Å²) in [6.45, 7) is 5.41. The van der Waals surface area contributed by atoms with Crippen LogP contribution in [0, 0.1) is 0 Å². The highest BCUT2D eigenvalue weighted by molar-refractivity contribution is 6.00. The average Bonchev–Trinajstić information content (AvgIpc) is 3.12. The zero-order chi connectivity index (χ0) is 21.1. The van der Waals surface area contributed by atoms with E-state index in [2.05, 4.69) is 27.6 Å². The average molecular weight is 395 g/mol. The molecule has 3 rings (SSSR count). The molecular weight excluding hydrogens is 374 g/mol. The number of carbonyl (C=O) groups is 3. The summed E-state index contributed by atoms with van der Waals surface area (Å²) in [7, 11) is 0. The Morgan fingerprint density at radius 1 is 1.31 bits per heavy atom. The van der Waals surface area contributed by atoms with Crippen molar-refractivity contribution in [3.63, 3.8) is 0 Å². The molecule has 1 atom stereocenters. The third-order valence-corrected chi connectivity index (χ3v) is 4.34. The van der Waals surface area contributed by atoms with Crippen LogP contribution in [0.25, 0.3) is 11.1 Å². The monoisotopic (exact) mass is 395 g/mol. The van der Waals surface area contributed by atoms with Gasteiger partial charge in [0.2, 0.25) is 5.91 Å². The molecule has 10 heteroatoms. The van der Waals surface area contributed by atoms with Gasteiger partial charge in [0, 0.05) is 11.8 Å². The first-order valence-corrected chi connectivity index (χ1v) is 8.73. The Hall–Kier alpha value is -4.08. The van der Waals surface area contributed by atoms with E-state index in [4.69, 9.17) is 11.5 Å². The summed E-state index contributed by atoms with van der Waals surface area (Å²) >= 11 is 0.